The van der Waals surface area contributed by atoms with E-state index in [0.717, 1.165) is 18.8 Å². The molecule has 0 amide bonds. The molecule has 1 nitrogen and oxygen atoms in total. The van der Waals surface area contributed by atoms with Gasteiger partial charge in [0.2, 0.25) is 0 Å². The van der Waals surface area contributed by atoms with E-state index >= 15 is 0 Å². The number of hydrogen-bond donors (Lipinski definition) is 0. The maximum Gasteiger partial charge on any atom is 0.196 e. The normalized spacial score (nSPS) is 31.5. The van der Waals surface area contributed by atoms with Crippen LogP contribution in [-0.2, 0) is 4.74 Å². The van der Waals surface area contributed by atoms with Crippen molar-refractivity contribution in [3.63, 3.8) is 0 Å². The molecule has 0 radical (unpaired) electrons. The first kappa shape index (κ1) is 12.0. The summed E-state index contributed by atoms with van der Waals surface area (Å²) in [7, 11) is 0. The Hall–Kier alpha value is -0.110. The third-order valence-electron chi connectivity index (χ3n) is 3.28. The average molecular weight is 202 g/mol. The maximum absolute atomic E-state index is 12.6. The summed E-state index contributed by atoms with van der Waals surface area (Å²) in [5.41, 5.74) is 0.395. The zero-order valence-corrected chi connectivity index (χ0v) is 9.85. The summed E-state index contributed by atoms with van der Waals surface area (Å²) in [6.07, 6.45) is 3.47. The van der Waals surface area contributed by atoms with E-state index in [2.05, 4.69) is 20.8 Å². The Morgan fingerprint density at radius 3 is 2.00 bits per heavy atom. The van der Waals surface area contributed by atoms with Crippen molar-refractivity contribution in [3.05, 3.63) is 0 Å². The summed E-state index contributed by atoms with van der Waals surface area (Å²) in [6.45, 7) is 8.33. The van der Waals surface area contributed by atoms with Crippen LogP contribution >= 0.6 is 0 Å². The van der Waals surface area contributed by atoms with E-state index in [0.29, 0.717) is 5.41 Å². The molecule has 1 aliphatic rings. The van der Waals surface area contributed by atoms with Gasteiger partial charge < -0.3 is 4.74 Å². The van der Waals surface area contributed by atoms with Crippen molar-refractivity contribution in [2.45, 2.75) is 65.8 Å². The van der Waals surface area contributed by atoms with Crippen molar-refractivity contribution in [3.8, 4) is 0 Å². The summed E-state index contributed by atoms with van der Waals surface area (Å²) in [4.78, 5) is 0. The molecule has 14 heavy (non-hydrogen) atoms. The van der Waals surface area contributed by atoms with Gasteiger partial charge in [0, 0.05) is 0 Å². The molecule has 1 atom stereocenters. The van der Waals surface area contributed by atoms with Crippen molar-refractivity contribution in [1.82, 2.24) is 0 Å². The summed E-state index contributed by atoms with van der Waals surface area (Å²) in [6, 6.07) is 0. The number of hydrogen-bond acceptors (Lipinski definition) is 1. The standard InChI is InChI=1S/C12H23FO/c1-9(13)14-11-7-5-10(6-8-11)12(2,3)4/h9-11H,5-8H2,1-4H3. The first-order chi connectivity index (χ1) is 6.39. The Bertz CT molecular complexity index is 164. The molecule has 1 fully saturated rings. The van der Waals surface area contributed by atoms with E-state index in [1.807, 2.05) is 0 Å². The number of ether oxygens (including phenoxy) is 1. The van der Waals surface area contributed by atoms with E-state index in [1.54, 1.807) is 0 Å². The van der Waals surface area contributed by atoms with Crippen LogP contribution in [0.25, 0.3) is 0 Å². The lowest BCUT2D eigenvalue weighted by molar-refractivity contribution is -0.0940. The molecule has 0 aromatic heterocycles. The second-order valence-corrected chi connectivity index (χ2v) is 5.52. The molecule has 0 heterocycles. The molecule has 0 N–H and O–H groups in total. The second kappa shape index (κ2) is 4.61. The van der Waals surface area contributed by atoms with Crippen LogP contribution < -0.4 is 0 Å². The van der Waals surface area contributed by atoms with Gasteiger partial charge in [-0.15, -0.1) is 0 Å². The zero-order valence-electron chi connectivity index (χ0n) is 9.85. The SMILES string of the molecule is CC(F)OC1CCC(C(C)(C)C)CC1. The molecule has 84 valence electrons. The molecular formula is C12H23FO. The highest BCUT2D eigenvalue weighted by molar-refractivity contribution is 4.80. The van der Waals surface area contributed by atoms with Crippen LogP contribution in [-0.4, -0.2) is 12.5 Å². The van der Waals surface area contributed by atoms with Gasteiger partial charge in [-0.25, -0.2) is 4.39 Å². The molecule has 1 rings (SSSR count). The Balaban J connectivity index is 2.31. The Kier molecular flexibility index (Phi) is 3.94. The lowest BCUT2D eigenvalue weighted by atomic mass is 9.72. The molecule has 2 heteroatoms. The highest BCUT2D eigenvalue weighted by Crippen LogP contribution is 2.38. The van der Waals surface area contributed by atoms with Gasteiger partial charge >= 0.3 is 0 Å². The third-order valence-corrected chi connectivity index (χ3v) is 3.28. The largest absolute Gasteiger partial charge is 0.345 e. The Morgan fingerprint density at radius 2 is 1.64 bits per heavy atom. The lowest BCUT2D eigenvalue weighted by Crippen LogP contribution is -2.30. The van der Waals surface area contributed by atoms with Gasteiger partial charge in [0.1, 0.15) is 0 Å². The maximum atomic E-state index is 12.6. The predicted octanol–water partition coefficient (Wildman–Crippen LogP) is 3.92. The Morgan fingerprint density at radius 1 is 1.14 bits per heavy atom. The molecule has 1 unspecified atom stereocenters. The van der Waals surface area contributed by atoms with Gasteiger partial charge in [0.15, 0.2) is 6.36 Å². The molecule has 0 aromatic carbocycles. The van der Waals surface area contributed by atoms with Crippen LogP contribution in [0.3, 0.4) is 0 Å². The van der Waals surface area contributed by atoms with E-state index < -0.39 is 6.36 Å². The topological polar surface area (TPSA) is 9.23 Å². The fourth-order valence-electron chi connectivity index (χ4n) is 2.33. The smallest absolute Gasteiger partial charge is 0.196 e. The van der Waals surface area contributed by atoms with Crippen molar-refractivity contribution >= 4 is 0 Å². The molecule has 1 aliphatic carbocycles. The monoisotopic (exact) mass is 202 g/mol. The molecule has 0 aromatic rings. The summed E-state index contributed by atoms with van der Waals surface area (Å²) < 4.78 is 17.8. The minimum absolute atomic E-state index is 0.161. The minimum atomic E-state index is -1.11. The quantitative estimate of drug-likeness (QED) is 0.659. The van der Waals surface area contributed by atoms with E-state index in [1.165, 1.54) is 19.8 Å². The van der Waals surface area contributed by atoms with Crippen LogP contribution in [0.2, 0.25) is 0 Å². The van der Waals surface area contributed by atoms with Gasteiger partial charge in [-0.3, -0.25) is 0 Å². The average Bonchev–Trinajstić information content (AvgIpc) is 2.02. The molecule has 0 bridgehead atoms. The van der Waals surface area contributed by atoms with E-state index in [9.17, 15) is 4.39 Å². The highest BCUT2D eigenvalue weighted by atomic mass is 19.1. The number of halogens is 1. The summed E-state index contributed by atoms with van der Waals surface area (Å²) in [5, 5.41) is 0. The fourth-order valence-corrected chi connectivity index (χ4v) is 2.33. The Labute approximate surface area is 87.0 Å². The summed E-state index contributed by atoms with van der Waals surface area (Å²) >= 11 is 0. The number of alkyl halides is 1. The molecule has 0 spiro atoms. The first-order valence-corrected chi connectivity index (χ1v) is 5.69. The van der Waals surface area contributed by atoms with Crippen molar-refractivity contribution in [2.24, 2.45) is 11.3 Å². The molecular weight excluding hydrogens is 179 g/mol. The predicted molar refractivity (Wildman–Crippen MR) is 56.9 cm³/mol. The van der Waals surface area contributed by atoms with Crippen molar-refractivity contribution in [1.29, 1.82) is 0 Å². The number of rotatable bonds is 2. The molecule has 1 saturated carbocycles. The van der Waals surface area contributed by atoms with Gasteiger partial charge in [0.05, 0.1) is 6.10 Å². The zero-order chi connectivity index (χ0) is 10.8. The summed E-state index contributed by atoms with van der Waals surface area (Å²) in [5.74, 6) is 0.775. The van der Waals surface area contributed by atoms with Crippen LogP contribution in [0.1, 0.15) is 53.4 Å². The van der Waals surface area contributed by atoms with Crippen LogP contribution in [0, 0.1) is 11.3 Å². The highest BCUT2D eigenvalue weighted by Gasteiger charge is 2.30. The van der Waals surface area contributed by atoms with Crippen LogP contribution in [0.5, 0.6) is 0 Å². The van der Waals surface area contributed by atoms with Crippen LogP contribution in [0.15, 0.2) is 0 Å². The van der Waals surface area contributed by atoms with Gasteiger partial charge in [-0.2, -0.15) is 0 Å². The van der Waals surface area contributed by atoms with Crippen molar-refractivity contribution in [2.75, 3.05) is 0 Å². The fraction of sp³-hybridized carbons (Fsp3) is 1.00. The van der Waals surface area contributed by atoms with E-state index in [4.69, 9.17) is 4.74 Å². The third kappa shape index (κ3) is 3.56. The molecule has 0 aliphatic heterocycles. The first-order valence-electron chi connectivity index (χ1n) is 5.69. The minimum Gasteiger partial charge on any atom is -0.345 e. The van der Waals surface area contributed by atoms with E-state index in [-0.39, 0.29) is 6.10 Å². The lowest BCUT2D eigenvalue weighted by Gasteiger charge is -2.36. The van der Waals surface area contributed by atoms with Gasteiger partial charge in [0.25, 0.3) is 0 Å². The van der Waals surface area contributed by atoms with Crippen LogP contribution in [0.4, 0.5) is 4.39 Å². The second-order valence-electron chi connectivity index (χ2n) is 5.52. The van der Waals surface area contributed by atoms with Gasteiger partial charge in [-0.05, 0) is 43.9 Å². The molecule has 0 saturated heterocycles. The van der Waals surface area contributed by atoms with Gasteiger partial charge in [-0.1, -0.05) is 20.8 Å². The van der Waals surface area contributed by atoms with Crippen molar-refractivity contribution < 1.29 is 9.13 Å².